The monoisotopic (exact) mass is 240 g/mol. The molecule has 1 aromatic carbocycles. The van der Waals surface area contributed by atoms with Crippen molar-refractivity contribution in [3.8, 4) is 0 Å². The van der Waals surface area contributed by atoms with Gasteiger partial charge in [-0.1, -0.05) is 6.07 Å². The number of amides is 2. The molecule has 94 valence electrons. The third-order valence-corrected chi connectivity index (χ3v) is 2.30. The highest BCUT2D eigenvalue weighted by Crippen LogP contribution is 2.09. The Kier molecular flexibility index (Phi) is 4.90. The molecule has 0 fully saturated rings. The summed E-state index contributed by atoms with van der Waals surface area (Å²) in [5.41, 5.74) is 0.416. The Hall–Kier alpha value is -1.62. The third kappa shape index (κ3) is 4.82. The van der Waals surface area contributed by atoms with Crippen LogP contribution >= 0.6 is 0 Å². The molecule has 0 saturated carbocycles. The Morgan fingerprint density at radius 3 is 2.88 bits per heavy atom. The maximum Gasteiger partial charge on any atom is 0.321 e. The van der Waals surface area contributed by atoms with Crippen molar-refractivity contribution >= 4 is 11.7 Å². The Morgan fingerprint density at radius 1 is 1.59 bits per heavy atom. The summed E-state index contributed by atoms with van der Waals surface area (Å²) in [6.07, 6.45) is 0.0620. The van der Waals surface area contributed by atoms with Crippen LogP contribution in [-0.4, -0.2) is 35.7 Å². The zero-order chi connectivity index (χ0) is 12.8. The van der Waals surface area contributed by atoms with E-state index in [1.54, 1.807) is 20.0 Å². The summed E-state index contributed by atoms with van der Waals surface area (Å²) in [6, 6.07) is 5.38. The summed E-state index contributed by atoms with van der Waals surface area (Å²) in [6.45, 7) is 2.11. The van der Waals surface area contributed by atoms with Gasteiger partial charge in [0.2, 0.25) is 0 Å². The Labute approximate surface area is 100 Å². The topological polar surface area (TPSA) is 52.6 Å². The maximum atomic E-state index is 12.9. The number of nitrogens with zero attached hydrogens (tertiary/aromatic N) is 1. The van der Waals surface area contributed by atoms with Gasteiger partial charge in [0.15, 0.2) is 0 Å². The summed E-state index contributed by atoms with van der Waals surface area (Å²) in [7, 11) is 1.62. The molecule has 0 aliphatic heterocycles. The van der Waals surface area contributed by atoms with Crippen LogP contribution in [0, 0.1) is 5.82 Å². The molecule has 0 bridgehead atoms. The van der Waals surface area contributed by atoms with E-state index >= 15 is 0 Å². The van der Waals surface area contributed by atoms with E-state index in [0.717, 1.165) is 0 Å². The fourth-order valence-electron chi connectivity index (χ4n) is 1.27. The standard InChI is InChI=1S/C12H17FN2O2/c1-9(16)6-7-15(2)12(17)14-11-5-3-4-10(13)8-11/h3-5,8-9,16H,6-7H2,1-2H3,(H,14,17)/t9-/m1/s1. The Morgan fingerprint density at radius 2 is 2.29 bits per heavy atom. The van der Waals surface area contributed by atoms with E-state index < -0.39 is 11.9 Å². The molecule has 0 heterocycles. The van der Waals surface area contributed by atoms with Crippen LogP contribution in [0.1, 0.15) is 13.3 Å². The van der Waals surface area contributed by atoms with Gasteiger partial charge in [0.1, 0.15) is 5.82 Å². The van der Waals surface area contributed by atoms with Crippen molar-refractivity contribution in [2.45, 2.75) is 19.4 Å². The smallest absolute Gasteiger partial charge is 0.321 e. The van der Waals surface area contributed by atoms with Crippen molar-refractivity contribution in [3.63, 3.8) is 0 Å². The number of anilines is 1. The van der Waals surface area contributed by atoms with Gasteiger partial charge in [-0.3, -0.25) is 0 Å². The van der Waals surface area contributed by atoms with Gasteiger partial charge in [-0.15, -0.1) is 0 Å². The van der Waals surface area contributed by atoms with Crippen LogP contribution in [0.15, 0.2) is 24.3 Å². The summed E-state index contributed by atoms with van der Waals surface area (Å²) in [5, 5.41) is 11.7. The van der Waals surface area contributed by atoms with Gasteiger partial charge in [-0.2, -0.15) is 0 Å². The first-order chi connectivity index (χ1) is 7.99. The second-order valence-corrected chi connectivity index (χ2v) is 4.00. The van der Waals surface area contributed by atoms with E-state index in [2.05, 4.69) is 5.32 Å². The molecule has 1 atom stereocenters. The first kappa shape index (κ1) is 13.4. The summed E-state index contributed by atoms with van der Waals surface area (Å²) >= 11 is 0. The largest absolute Gasteiger partial charge is 0.393 e. The average molecular weight is 240 g/mol. The molecule has 4 nitrogen and oxygen atoms in total. The van der Waals surface area contributed by atoms with Crippen LogP contribution < -0.4 is 5.32 Å². The van der Waals surface area contributed by atoms with Crippen LogP contribution in [0.2, 0.25) is 0 Å². The third-order valence-electron chi connectivity index (χ3n) is 2.30. The molecule has 0 aliphatic carbocycles. The molecule has 1 aromatic rings. The molecule has 0 aliphatic rings. The number of rotatable bonds is 4. The number of nitrogens with one attached hydrogen (secondary N) is 1. The fraction of sp³-hybridized carbons (Fsp3) is 0.417. The Bertz CT molecular complexity index is 383. The molecule has 1 rings (SSSR count). The van der Waals surface area contributed by atoms with Crippen molar-refractivity contribution < 1.29 is 14.3 Å². The van der Waals surface area contributed by atoms with E-state index in [1.807, 2.05) is 0 Å². The highest BCUT2D eigenvalue weighted by atomic mass is 19.1. The summed E-state index contributed by atoms with van der Waals surface area (Å²) < 4.78 is 12.9. The zero-order valence-corrected chi connectivity index (χ0v) is 9.98. The van der Waals surface area contributed by atoms with E-state index in [-0.39, 0.29) is 6.03 Å². The van der Waals surface area contributed by atoms with E-state index in [4.69, 9.17) is 5.11 Å². The van der Waals surface area contributed by atoms with Crippen LogP contribution in [0.5, 0.6) is 0 Å². The number of hydrogen-bond donors (Lipinski definition) is 2. The molecule has 0 saturated heterocycles. The number of carbonyl (C=O) groups is 1. The first-order valence-corrected chi connectivity index (χ1v) is 5.45. The molecule has 0 spiro atoms. The number of urea groups is 1. The number of halogens is 1. The molecule has 2 N–H and O–H groups in total. The number of aliphatic hydroxyl groups is 1. The van der Waals surface area contributed by atoms with Crippen molar-refractivity contribution in [3.05, 3.63) is 30.1 Å². The van der Waals surface area contributed by atoms with Crippen molar-refractivity contribution in [1.82, 2.24) is 4.90 Å². The lowest BCUT2D eigenvalue weighted by molar-refractivity contribution is 0.167. The molecule has 17 heavy (non-hydrogen) atoms. The minimum atomic E-state index is -0.445. The quantitative estimate of drug-likeness (QED) is 0.846. The molecule has 0 aromatic heterocycles. The zero-order valence-electron chi connectivity index (χ0n) is 9.98. The highest BCUT2D eigenvalue weighted by Gasteiger charge is 2.09. The van der Waals surface area contributed by atoms with Crippen LogP contribution in [-0.2, 0) is 0 Å². The Balaban J connectivity index is 2.48. The normalized spacial score (nSPS) is 12.0. The summed E-state index contributed by atoms with van der Waals surface area (Å²) in [4.78, 5) is 13.1. The average Bonchev–Trinajstić information content (AvgIpc) is 2.25. The number of carbonyl (C=O) groups excluding carboxylic acids is 1. The molecule has 0 unspecified atom stereocenters. The van der Waals surface area contributed by atoms with Gasteiger partial charge < -0.3 is 15.3 Å². The lowest BCUT2D eigenvalue weighted by atomic mass is 10.3. The minimum Gasteiger partial charge on any atom is -0.393 e. The van der Waals surface area contributed by atoms with Crippen LogP contribution in [0.4, 0.5) is 14.9 Å². The van der Waals surface area contributed by atoms with Crippen LogP contribution in [0.3, 0.4) is 0 Å². The lowest BCUT2D eigenvalue weighted by Gasteiger charge is -2.18. The van der Waals surface area contributed by atoms with Gasteiger partial charge in [-0.05, 0) is 31.5 Å². The van der Waals surface area contributed by atoms with Gasteiger partial charge >= 0.3 is 6.03 Å². The molecular formula is C12H17FN2O2. The van der Waals surface area contributed by atoms with Crippen molar-refractivity contribution in [1.29, 1.82) is 0 Å². The molecule has 5 heteroatoms. The van der Waals surface area contributed by atoms with Crippen molar-refractivity contribution in [2.24, 2.45) is 0 Å². The van der Waals surface area contributed by atoms with Crippen LogP contribution in [0.25, 0.3) is 0 Å². The number of aliphatic hydroxyl groups excluding tert-OH is 1. The number of hydrogen-bond acceptors (Lipinski definition) is 2. The first-order valence-electron chi connectivity index (χ1n) is 5.45. The summed E-state index contributed by atoms with van der Waals surface area (Å²) in [5.74, 6) is -0.394. The van der Waals surface area contributed by atoms with Crippen molar-refractivity contribution in [2.75, 3.05) is 18.9 Å². The number of benzene rings is 1. The second-order valence-electron chi connectivity index (χ2n) is 4.00. The predicted molar refractivity (Wildman–Crippen MR) is 64.3 cm³/mol. The van der Waals surface area contributed by atoms with Gasteiger partial charge in [0.25, 0.3) is 0 Å². The second kappa shape index (κ2) is 6.20. The lowest BCUT2D eigenvalue weighted by Crippen LogP contribution is -2.33. The highest BCUT2D eigenvalue weighted by molar-refractivity contribution is 5.89. The van der Waals surface area contributed by atoms with Gasteiger partial charge in [-0.25, -0.2) is 9.18 Å². The minimum absolute atomic E-state index is 0.323. The molecule has 0 radical (unpaired) electrons. The van der Waals surface area contributed by atoms with Gasteiger partial charge in [0, 0.05) is 19.3 Å². The molecule has 2 amide bonds. The van der Waals surface area contributed by atoms with E-state index in [1.165, 1.54) is 23.1 Å². The fourth-order valence-corrected chi connectivity index (χ4v) is 1.27. The van der Waals surface area contributed by atoms with Gasteiger partial charge in [0.05, 0.1) is 6.10 Å². The SMILES string of the molecule is C[C@@H](O)CCN(C)C(=O)Nc1cccc(F)c1. The predicted octanol–water partition coefficient (Wildman–Crippen LogP) is 2.06. The van der Waals surface area contributed by atoms with E-state index in [9.17, 15) is 9.18 Å². The molecular weight excluding hydrogens is 223 g/mol. The van der Waals surface area contributed by atoms with E-state index in [0.29, 0.717) is 18.7 Å². The maximum absolute atomic E-state index is 12.9.